The van der Waals surface area contributed by atoms with E-state index in [9.17, 15) is 12.8 Å². The standard InChI is InChI=1S/C10H22FNO2S/c1-4-6-15(13,14)7-5-10(11,8-12)9(2)3/h9H,4-8,12H2,1-3H3. The van der Waals surface area contributed by atoms with Gasteiger partial charge in [0, 0.05) is 12.3 Å². The SMILES string of the molecule is CCCS(=O)(=O)CCC(F)(CN)C(C)C. The molecule has 0 aromatic heterocycles. The molecule has 0 saturated heterocycles. The van der Waals surface area contributed by atoms with Gasteiger partial charge < -0.3 is 5.73 Å². The molecule has 0 saturated carbocycles. The highest BCUT2D eigenvalue weighted by Crippen LogP contribution is 2.25. The van der Waals surface area contributed by atoms with E-state index in [0.29, 0.717) is 6.42 Å². The van der Waals surface area contributed by atoms with Crippen LogP contribution in [0.2, 0.25) is 0 Å². The fraction of sp³-hybridized carbons (Fsp3) is 1.00. The van der Waals surface area contributed by atoms with E-state index in [1.165, 1.54) is 0 Å². The predicted molar refractivity (Wildman–Crippen MR) is 61.3 cm³/mol. The van der Waals surface area contributed by atoms with Gasteiger partial charge in [-0.15, -0.1) is 0 Å². The molecule has 0 rings (SSSR count). The first-order valence-corrected chi connectivity index (χ1v) is 7.19. The summed E-state index contributed by atoms with van der Waals surface area (Å²) in [6.07, 6.45) is 0.579. The highest BCUT2D eigenvalue weighted by Gasteiger charge is 2.33. The molecule has 0 bridgehead atoms. The molecule has 0 fully saturated rings. The number of sulfone groups is 1. The van der Waals surface area contributed by atoms with Crippen molar-refractivity contribution >= 4 is 9.84 Å². The number of halogens is 1. The molecule has 0 aromatic rings. The lowest BCUT2D eigenvalue weighted by Crippen LogP contribution is -2.40. The normalized spacial score (nSPS) is 16.7. The molecule has 0 radical (unpaired) electrons. The van der Waals surface area contributed by atoms with Crippen molar-refractivity contribution < 1.29 is 12.8 Å². The molecular weight excluding hydrogens is 217 g/mol. The third kappa shape index (κ3) is 4.93. The first-order chi connectivity index (χ1) is 6.77. The second-order valence-electron chi connectivity index (χ2n) is 4.30. The van der Waals surface area contributed by atoms with Gasteiger partial charge >= 0.3 is 0 Å². The minimum atomic E-state index is -3.10. The summed E-state index contributed by atoms with van der Waals surface area (Å²) in [4.78, 5) is 0. The zero-order valence-corrected chi connectivity index (χ0v) is 10.6. The lowest BCUT2D eigenvalue weighted by molar-refractivity contribution is 0.106. The van der Waals surface area contributed by atoms with Gasteiger partial charge in [-0.2, -0.15) is 0 Å². The maximum atomic E-state index is 14.0. The molecule has 0 aliphatic rings. The Balaban J connectivity index is 4.36. The Labute approximate surface area is 92.2 Å². The summed E-state index contributed by atoms with van der Waals surface area (Å²) >= 11 is 0. The van der Waals surface area contributed by atoms with Crippen molar-refractivity contribution in [3.05, 3.63) is 0 Å². The first kappa shape index (κ1) is 14.8. The summed E-state index contributed by atoms with van der Waals surface area (Å²) in [7, 11) is -3.10. The predicted octanol–water partition coefficient (Wildman–Crippen LogP) is 1.52. The average molecular weight is 239 g/mol. The fourth-order valence-electron chi connectivity index (χ4n) is 1.36. The van der Waals surface area contributed by atoms with E-state index in [-0.39, 0.29) is 30.4 Å². The molecule has 0 aromatic carbocycles. The number of hydrogen-bond donors (Lipinski definition) is 1. The Morgan fingerprint density at radius 3 is 2.20 bits per heavy atom. The van der Waals surface area contributed by atoms with Crippen LogP contribution in [-0.2, 0) is 9.84 Å². The number of rotatable bonds is 7. The van der Waals surface area contributed by atoms with E-state index in [0.717, 1.165) is 0 Å². The van der Waals surface area contributed by atoms with Gasteiger partial charge in [-0.25, -0.2) is 12.8 Å². The Hall–Kier alpha value is -0.160. The van der Waals surface area contributed by atoms with Crippen molar-refractivity contribution in [1.82, 2.24) is 0 Å². The molecule has 1 unspecified atom stereocenters. The lowest BCUT2D eigenvalue weighted by atomic mass is 9.90. The van der Waals surface area contributed by atoms with Gasteiger partial charge in [-0.3, -0.25) is 0 Å². The molecular formula is C10H22FNO2S. The summed E-state index contributed by atoms with van der Waals surface area (Å²) in [6.45, 7) is 5.12. The molecule has 1 atom stereocenters. The van der Waals surface area contributed by atoms with Crippen LogP contribution < -0.4 is 5.73 Å². The summed E-state index contributed by atoms with van der Waals surface area (Å²) in [5.41, 5.74) is 3.79. The smallest absolute Gasteiger partial charge is 0.150 e. The molecule has 92 valence electrons. The maximum absolute atomic E-state index is 14.0. The van der Waals surface area contributed by atoms with Crippen LogP contribution in [0, 0.1) is 5.92 Å². The third-order valence-electron chi connectivity index (χ3n) is 2.72. The minimum absolute atomic E-state index is 0.00347. The average Bonchev–Trinajstić information content (AvgIpc) is 2.14. The monoisotopic (exact) mass is 239 g/mol. The second kappa shape index (κ2) is 5.80. The van der Waals surface area contributed by atoms with Crippen LogP contribution in [0.4, 0.5) is 4.39 Å². The van der Waals surface area contributed by atoms with Crippen LogP contribution in [-0.4, -0.2) is 32.1 Å². The number of hydrogen-bond acceptors (Lipinski definition) is 3. The van der Waals surface area contributed by atoms with Crippen LogP contribution in [0.5, 0.6) is 0 Å². The van der Waals surface area contributed by atoms with Crippen molar-refractivity contribution in [2.24, 2.45) is 11.7 Å². The molecule has 3 nitrogen and oxygen atoms in total. The summed E-state index contributed by atoms with van der Waals surface area (Å²) in [6, 6.07) is 0. The summed E-state index contributed by atoms with van der Waals surface area (Å²) in [5.74, 6) is -0.224. The maximum Gasteiger partial charge on any atom is 0.150 e. The van der Waals surface area contributed by atoms with Crippen LogP contribution in [0.25, 0.3) is 0 Å². The van der Waals surface area contributed by atoms with E-state index < -0.39 is 15.5 Å². The minimum Gasteiger partial charge on any atom is -0.328 e. The van der Waals surface area contributed by atoms with Crippen LogP contribution in [0.1, 0.15) is 33.6 Å². The number of alkyl halides is 1. The van der Waals surface area contributed by atoms with Crippen molar-refractivity contribution in [2.45, 2.75) is 39.3 Å². The summed E-state index contributed by atoms with van der Waals surface area (Å²) < 4.78 is 36.8. The molecule has 2 N–H and O–H groups in total. The van der Waals surface area contributed by atoms with E-state index in [1.807, 2.05) is 0 Å². The van der Waals surface area contributed by atoms with Crippen LogP contribution in [0.15, 0.2) is 0 Å². The second-order valence-corrected chi connectivity index (χ2v) is 6.60. The third-order valence-corrected chi connectivity index (χ3v) is 4.57. The fourth-order valence-corrected chi connectivity index (χ4v) is 2.84. The molecule has 0 heterocycles. The van der Waals surface area contributed by atoms with Crippen molar-refractivity contribution in [1.29, 1.82) is 0 Å². The van der Waals surface area contributed by atoms with Gasteiger partial charge in [0.1, 0.15) is 15.5 Å². The largest absolute Gasteiger partial charge is 0.328 e. The van der Waals surface area contributed by atoms with Crippen molar-refractivity contribution in [3.8, 4) is 0 Å². The highest BCUT2D eigenvalue weighted by atomic mass is 32.2. The van der Waals surface area contributed by atoms with Gasteiger partial charge in [-0.1, -0.05) is 20.8 Å². The Bertz CT molecular complexity index is 277. The van der Waals surface area contributed by atoms with Gasteiger partial charge in [0.15, 0.2) is 0 Å². The van der Waals surface area contributed by atoms with Crippen LogP contribution in [0.3, 0.4) is 0 Å². The lowest BCUT2D eigenvalue weighted by Gasteiger charge is -2.27. The van der Waals surface area contributed by atoms with Gasteiger partial charge in [-0.05, 0) is 18.8 Å². The molecule has 0 aliphatic heterocycles. The van der Waals surface area contributed by atoms with Crippen molar-refractivity contribution in [2.75, 3.05) is 18.1 Å². The van der Waals surface area contributed by atoms with E-state index in [2.05, 4.69) is 0 Å². The van der Waals surface area contributed by atoms with Gasteiger partial charge in [0.2, 0.25) is 0 Å². The van der Waals surface area contributed by atoms with E-state index in [4.69, 9.17) is 5.73 Å². The Morgan fingerprint density at radius 1 is 1.33 bits per heavy atom. The quantitative estimate of drug-likeness (QED) is 0.733. The molecule has 15 heavy (non-hydrogen) atoms. The summed E-state index contributed by atoms with van der Waals surface area (Å²) in [5, 5.41) is 0. The Morgan fingerprint density at radius 2 is 1.87 bits per heavy atom. The van der Waals surface area contributed by atoms with Gasteiger partial charge in [0.25, 0.3) is 0 Å². The molecule has 0 amide bonds. The first-order valence-electron chi connectivity index (χ1n) is 5.37. The zero-order valence-electron chi connectivity index (χ0n) is 9.79. The van der Waals surface area contributed by atoms with Crippen LogP contribution >= 0.6 is 0 Å². The van der Waals surface area contributed by atoms with E-state index >= 15 is 0 Å². The topological polar surface area (TPSA) is 60.2 Å². The Kier molecular flexibility index (Phi) is 5.73. The molecule has 0 spiro atoms. The zero-order chi connectivity index (χ0) is 12.1. The van der Waals surface area contributed by atoms with E-state index in [1.54, 1.807) is 20.8 Å². The molecule has 0 aliphatic carbocycles. The highest BCUT2D eigenvalue weighted by molar-refractivity contribution is 7.91. The van der Waals surface area contributed by atoms with Crippen molar-refractivity contribution in [3.63, 3.8) is 0 Å². The number of nitrogens with two attached hydrogens (primary N) is 1. The molecule has 5 heteroatoms. The van der Waals surface area contributed by atoms with Gasteiger partial charge in [0.05, 0.1) is 5.75 Å².